The first kappa shape index (κ1) is 15.5. The van der Waals surface area contributed by atoms with Crippen LogP contribution in [0.25, 0.3) is 0 Å². The van der Waals surface area contributed by atoms with E-state index in [2.05, 4.69) is 17.1 Å². The summed E-state index contributed by atoms with van der Waals surface area (Å²) in [5.74, 6) is -0.323. The summed E-state index contributed by atoms with van der Waals surface area (Å²) in [5.41, 5.74) is 3.48. The van der Waals surface area contributed by atoms with Crippen molar-refractivity contribution in [2.45, 2.75) is 38.6 Å². The van der Waals surface area contributed by atoms with Crippen LogP contribution in [-0.2, 0) is 17.8 Å². The first-order chi connectivity index (χ1) is 11.1. The van der Waals surface area contributed by atoms with Crippen molar-refractivity contribution in [3.63, 3.8) is 0 Å². The zero-order valence-electron chi connectivity index (χ0n) is 13.5. The van der Waals surface area contributed by atoms with Crippen molar-refractivity contribution < 1.29 is 9.59 Å². The quantitative estimate of drug-likeness (QED) is 0.923. The van der Waals surface area contributed by atoms with Gasteiger partial charge in [-0.25, -0.2) is 0 Å². The summed E-state index contributed by atoms with van der Waals surface area (Å²) < 4.78 is 0. The van der Waals surface area contributed by atoms with Crippen LogP contribution < -0.4 is 0 Å². The number of ketones is 1. The second-order valence-corrected chi connectivity index (χ2v) is 6.10. The minimum Gasteiger partial charge on any atom is -0.339 e. The number of aryl methyl sites for hydroxylation is 1. The van der Waals surface area contributed by atoms with E-state index in [0.717, 1.165) is 29.8 Å². The minimum absolute atomic E-state index is 0.0186. The van der Waals surface area contributed by atoms with Crippen LogP contribution >= 0.6 is 0 Å². The SMILES string of the molecule is CCCc1cc(CN(C)C(=O)C2CC(=O)c3ccccc32)[nH]n1. The van der Waals surface area contributed by atoms with E-state index in [1.54, 1.807) is 18.0 Å². The van der Waals surface area contributed by atoms with Crippen molar-refractivity contribution in [3.05, 3.63) is 52.8 Å². The summed E-state index contributed by atoms with van der Waals surface area (Å²) in [5, 5.41) is 7.23. The predicted octanol–water partition coefficient (Wildman–Crippen LogP) is 2.69. The van der Waals surface area contributed by atoms with Gasteiger partial charge in [0.25, 0.3) is 0 Å². The van der Waals surface area contributed by atoms with Gasteiger partial charge in [0.1, 0.15) is 0 Å². The maximum absolute atomic E-state index is 12.7. The summed E-state index contributed by atoms with van der Waals surface area (Å²) in [4.78, 5) is 26.4. The Kier molecular flexibility index (Phi) is 4.28. The van der Waals surface area contributed by atoms with Crippen LogP contribution in [0, 0.1) is 0 Å². The van der Waals surface area contributed by atoms with Gasteiger partial charge in [-0.3, -0.25) is 14.7 Å². The molecule has 1 N–H and O–H groups in total. The molecule has 0 radical (unpaired) electrons. The van der Waals surface area contributed by atoms with E-state index in [4.69, 9.17) is 0 Å². The molecule has 1 aliphatic carbocycles. The predicted molar refractivity (Wildman–Crippen MR) is 87.2 cm³/mol. The number of hydrogen-bond donors (Lipinski definition) is 1. The largest absolute Gasteiger partial charge is 0.339 e. The molecular formula is C18H21N3O2. The molecule has 0 saturated heterocycles. The molecule has 1 amide bonds. The van der Waals surface area contributed by atoms with Crippen molar-refractivity contribution in [1.29, 1.82) is 0 Å². The smallest absolute Gasteiger partial charge is 0.230 e. The Balaban J connectivity index is 1.71. The molecule has 0 saturated carbocycles. The number of aromatic amines is 1. The Morgan fingerprint density at radius 3 is 2.96 bits per heavy atom. The van der Waals surface area contributed by atoms with Crippen LogP contribution in [-0.4, -0.2) is 33.8 Å². The summed E-state index contributed by atoms with van der Waals surface area (Å²) in [7, 11) is 1.77. The molecule has 0 fully saturated rings. The van der Waals surface area contributed by atoms with E-state index in [0.29, 0.717) is 12.1 Å². The van der Waals surface area contributed by atoms with E-state index < -0.39 is 0 Å². The van der Waals surface area contributed by atoms with Crippen LogP contribution in [0.15, 0.2) is 30.3 Å². The Bertz CT molecular complexity index is 735. The van der Waals surface area contributed by atoms with Crippen LogP contribution in [0.1, 0.15) is 53.0 Å². The van der Waals surface area contributed by atoms with Gasteiger partial charge in [-0.1, -0.05) is 37.6 Å². The topological polar surface area (TPSA) is 66.1 Å². The molecule has 1 heterocycles. The zero-order chi connectivity index (χ0) is 16.4. The molecule has 1 atom stereocenters. The summed E-state index contributed by atoms with van der Waals surface area (Å²) in [6.45, 7) is 2.58. The summed E-state index contributed by atoms with van der Waals surface area (Å²) in [6.07, 6.45) is 2.24. The molecule has 3 rings (SSSR count). The van der Waals surface area contributed by atoms with Crippen molar-refractivity contribution >= 4 is 11.7 Å². The average Bonchev–Trinajstić information content (AvgIpc) is 3.12. The fourth-order valence-electron chi connectivity index (χ4n) is 3.15. The highest BCUT2D eigenvalue weighted by molar-refractivity contribution is 6.06. The van der Waals surface area contributed by atoms with Crippen LogP contribution in [0.2, 0.25) is 0 Å². The lowest BCUT2D eigenvalue weighted by molar-refractivity contribution is -0.131. The molecule has 1 unspecified atom stereocenters. The van der Waals surface area contributed by atoms with Gasteiger partial charge in [0.2, 0.25) is 5.91 Å². The third-order valence-corrected chi connectivity index (χ3v) is 4.30. The van der Waals surface area contributed by atoms with Gasteiger partial charge in [-0.2, -0.15) is 5.10 Å². The maximum Gasteiger partial charge on any atom is 0.230 e. The number of likely N-dealkylation sites (N-methyl/N-ethyl adjacent to an activating group) is 1. The molecule has 120 valence electrons. The highest BCUT2D eigenvalue weighted by Gasteiger charge is 2.35. The van der Waals surface area contributed by atoms with Gasteiger partial charge in [-0.15, -0.1) is 0 Å². The number of nitrogens with zero attached hydrogens (tertiary/aromatic N) is 2. The van der Waals surface area contributed by atoms with Gasteiger partial charge < -0.3 is 4.90 Å². The molecule has 1 aliphatic rings. The van der Waals surface area contributed by atoms with E-state index in [1.807, 2.05) is 24.3 Å². The lowest BCUT2D eigenvalue weighted by Crippen LogP contribution is -2.30. The monoisotopic (exact) mass is 311 g/mol. The number of amides is 1. The molecule has 1 aromatic carbocycles. The summed E-state index contributed by atoms with van der Waals surface area (Å²) in [6, 6.07) is 9.40. The molecule has 0 bridgehead atoms. The van der Waals surface area contributed by atoms with Crippen molar-refractivity contribution in [1.82, 2.24) is 15.1 Å². The molecule has 1 aromatic heterocycles. The number of carbonyl (C=O) groups excluding carboxylic acids is 2. The van der Waals surface area contributed by atoms with Crippen LogP contribution in [0.4, 0.5) is 0 Å². The second-order valence-electron chi connectivity index (χ2n) is 6.10. The standard InChI is InChI=1S/C18H21N3O2/c1-3-6-12-9-13(20-19-12)11-21(2)18(23)16-10-17(22)15-8-5-4-7-14(15)16/h4-5,7-9,16H,3,6,10-11H2,1-2H3,(H,19,20). The molecule has 2 aromatic rings. The number of rotatable bonds is 5. The highest BCUT2D eigenvalue weighted by atomic mass is 16.2. The second kappa shape index (κ2) is 6.36. The fraction of sp³-hybridized carbons (Fsp3) is 0.389. The van der Waals surface area contributed by atoms with Gasteiger partial charge in [-0.05, 0) is 18.1 Å². The van der Waals surface area contributed by atoms with E-state index in [9.17, 15) is 9.59 Å². The first-order valence-electron chi connectivity index (χ1n) is 8.00. The molecule has 5 nitrogen and oxygen atoms in total. The van der Waals surface area contributed by atoms with Crippen molar-refractivity contribution in [3.8, 4) is 0 Å². The van der Waals surface area contributed by atoms with Crippen LogP contribution in [0.3, 0.4) is 0 Å². The highest BCUT2D eigenvalue weighted by Crippen LogP contribution is 2.34. The molecule has 0 spiro atoms. The number of benzene rings is 1. The lowest BCUT2D eigenvalue weighted by Gasteiger charge is -2.20. The number of carbonyl (C=O) groups is 2. The van der Waals surface area contributed by atoms with E-state index in [1.165, 1.54) is 0 Å². The Morgan fingerprint density at radius 2 is 2.17 bits per heavy atom. The Hall–Kier alpha value is -2.43. The average molecular weight is 311 g/mol. The Labute approximate surface area is 135 Å². The fourth-order valence-corrected chi connectivity index (χ4v) is 3.15. The molecule has 0 aliphatic heterocycles. The number of fused-ring (bicyclic) bond motifs is 1. The summed E-state index contributed by atoms with van der Waals surface area (Å²) >= 11 is 0. The van der Waals surface area contributed by atoms with Gasteiger partial charge in [0.05, 0.1) is 23.9 Å². The van der Waals surface area contributed by atoms with Crippen LogP contribution in [0.5, 0.6) is 0 Å². The van der Waals surface area contributed by atoms with E-state index in [-0.39, 0.29) is 24.0 Å². The maximum atomic E-state index is 12.7. The molecule has 23 heavy (non-hydrogen) atoms. The first-order valence-corrected chi connectivity index (χ1v) is 8.00. The third-order valence-electron chi connectivity index (χ3n) is 4.30. The number of nitrogens with one attached hydrogen (secondary N) is 1. The molecular weight excluding hydrogens is 290 g/mol. The number of hydrogen-bond acceptors (Lipinski definition) is 3. The van der Waals surface area contributed by atoms with Crippen molar-refractivity contribution in [2.75, 3.05) is 7.05 Å². The zero-order valence-corrected chi connectivity index (χ0v) is 13.5. The number of H-pyrrole nitrogens is 1. The normalized spacial score (nSPS) is 16.4. The molecule has 5 heteroatoms. The third kappa shape index (κ3) is 3.04. The number of aromatic nitrogens is 2. The van der Waals surface area contributed by atoms with Gasteiger partial charge in [0, 0.05) is 19.0 Å². The lowest BCUT2D eigenvalue weighted by atomic mass is 10.00. The van der Waals surface area contributed by atoms with E-state index >= 15 is 0 Å². The minimum atomic E-state index is -0.360. The Morgan fingerprint density at radius 1 is 1.39 bits per heavy atom. The van der Waals surface area contributed by atoms with Gasteiger partial charge in [0.15, 0.2) is 5.78 Å². The number of Topliss-reactive ketones (excluding diaryl/α,β-unsaturated/α-hetero) is 1. The van der Waals surface area contributed by atoms with Gasteiger partial charge >= 0.3 is 0 Å². The van der Waals surface area contributed by atoms with Crippen molar-refractivity contribution in [2.24, 2.45) is 0 Å².